The molecule has 1 atom stereocenters. The molecule has 0 saturated heterocycles. The number of ketones is 1. The molecule has 174 valence electrons. The van der Waals surface area contributed by atoms with Gasteiger partial charge >= 0.3 is 0 Å². The number of fused-ring (bicyclic) bond motifs is 2. The second-order valence-corrected chi connectivity index (χ2v) is 9.47. The van der Waals surface area contributed by atoms with Gasteiger partial charge in [0.2, 0.25) is 0 Å². The predicted octanol–water partition coefficient (Wildman–Crippen LogP) is 5.79. The molecule has 4 nitrogen and oxygen atoms in total. The van der Waals surface area contributed by atoms with E-state index in [1.54, 1.807) is 0 Å². The van der Waals surface area contributed by atoms with Crippen LogP contribution in [0.5, 0.6) is 0 Å². The van der Waals surface area contributed by atoms with Gasteiger partial charge in [-0.15, -0.1) is 0 Å². The topological polar surface area (TPSA) is 60.0 Å². The van der Waals surface area contributed by atoms with Crippen LogP contribution in [0, 0.1) is 0 Å². The first-order valence-electron chi connectivity index (χ1n) is 12.4. The minimum Gasteiger partial charge on any atom is -0.399 e. The van der Waals surface area contributed by atoms with Crippen molar-refractivity contribution in [3.63, 3.8) is 0 Å². The Bertz CT molecular complexity index is 1320. The first-order valence-corrected chi connectivity index (χ1v) is 12.4. The first kappa shape index (κ1) is 22.4. The zero-order valence-electron chi connectivity index (χ0n) is 19.9. The normalized spacial score (nSPS) is 15.0. The number of carbonyl (C=O) groups is 1. The number of hydrogen-bond acceptors (Lipinski definition) is 3. The molecule has 5 rings (SSSR count). The molecule has 1 unspecified atom stereocenters. The second kappa shape index (κ2) is 9.86. The fourth-order valence-electron chi connectivity index (χ4n) is 5.35. The monoisotopic (exact) mass is 451 g/mol. The third-order valence-corrected chi connectivity index (χ3v) is 7.21. The maximum atomic E-state index is 12.8. The van der Waals surface area contributed by atoms with Crippen LogP contribution in [0.2, 0.25) is 0 Å². The number of benzene rings is 3. The Morgan fingerprint density at radius 3 is 2.74 bits per heavy atom. The number of nitrogens with one attached hydrogen (secondary N) is 1. The van der Waals surface area contributed by atoms with Crippen molar-refractivity contribution in [1.82, 2.24) is 9.88 Å². The van der Waals surface area contributed by atoms with Gasteiger partial charge in [0.1, 0.15) is 0 Å². The number of carbonyl (C=O) groups excluding carboxylic acids is 1. The molecular weight excluding hydrogens is 418 g/mol. The lowest BCUT2D eigenvalue weighted by Crippen LogP contribution is -2.21. The van der Waals surface area contributed by atoms with Crippen LogP contribution in [0.3, 0.4) is 0 Å². The molecule has 1 aliphatic carbocycles. The predicted molar refractivity (Wildman–Crippen MR) is 140 cm³/mol. The smallest absolute Gasteiger partial charge is 0.162 e. The Morgan fingerprint density at radius 1 is 1.03 bits per heavy atom. The zero-order valence-corrected chi connectivity index (χ0v) is 19.9. The van der Waals surface area contributed by atoms with Gasteiger partial charge in [-0.3, -0.25) is 4.79 Å². The van der Waals surface area contributed by atoms with Crippen LogP contribution in [0.1, 0.15) is 57.9 Å². The third kappa shape index (κ3) is 4.64. The van der Waals surface area contributed by atoms with E-state index in [-0.39, 0.29) is 5.78 Å². The number of para-hydroxylation sites is 2. The van der Waals surface area contributed by atoms with E-state index in [0.29, 0.717) is 12.5 Å². The fraction of sp³-hybridized carbons (Fsp3) is 0.300. The molecule has 3 aromatic carbocycles. The highest BCUT2D eigenvalue weighted by atomic mass is 16.1. The summed E-state index contributed by atoms with van der Waals surface area (Å²) in [7, 11) is 2.11. The number of anilines is 1. The summed E-state index contributed by atoms with van der Waals surface area (Å²) in [6, 6.07) is 23.2. The number of nitrogen functional groups attached to an aromatic ring is 1. The highest BCUT2D eigenvalue weighted by Gasteiger charge is 2.23. The van der Waals surface area contributed by atoms with Crippen LogP contribution in [0.15, 0.2) is 72.9 Å². The molecule has 1 aliphatic rings. The highest BCUT2D eigenvalue weighted by Crippen LogP contribution is 2.32. The van der Waals surface area contributed by atoms with E-state index in [4.69, 9.17) is 5.73 Å². The van der Waals surface area contributed by atoms with E-state index in [1.807, 2.05) is 30.3 Å². The van der Waals surface area contributed by atoms with Gasteiger partial charge in [0.05, 0.1) is 0 Å². The lowest BCUT2D eigenvalue weighted by Gasteiger charge is -2.14. The van der Waals surface area contributed by atoms with Crippen LogP contribution in [0.4, 0.5) is 5.69 Å². The van der Waals surface area contributed by atoms with Crippen molar-refractivity contribution >= 4 is 22.4 Å². The molecule has 0 bridgehead atoms. The van der Waals surface area contributed by atoms with Crippen molar-refractivity contribution in [3.05, 3.63) is 101 Å². The van der Waals surface area contributed by atoms with Gasteiger partial charge in [-0.25, -0.2) is 0 Å². The molecule has 0 spiro atoms. The van der Waals surface area contributed by atoms with E-state index >= 15 is 0 Å². The van der Waals surface area contributed by atoms with Gasteiger partial charge in [0.15, 0.2) is 5.78 Å². The maximum Gasteiger partial charge on any atom is 0.162 e. The van der Waals surface area contributed by atoms with Crippen molar-refractivity contribution in [2.24, 2.45) is 7.05 Å². The molecule has 1 heterocycles. The van der Waals surface area contributed by atoms with Crippen molar-refractivity contribution in [1.29, 1.82) is 0 Å². The Morgan fingerprint density at radius 2 is 1.85 bits per heavy atom. The van der Waals surface area contributed by atoms with Crippen LogP contribution in [-0.2, 0) is 26.3 Å². The molecule has 3 N–H and O–H groups in total. The molecule has 0 fully saturated rings. The minimum atomic E-state index is 0.227. The number of aryl methyl sites for hydroxylation is 3. The van der Waals surface area contributed by atoms with Crippen LogP contribution in [0.25, 0.3) is 10.9 Å². The Labute approximate surface area is 201 Å². The Kier molecular flexibility index (Phi) is 6.50. The molecule has 0 radical (unpaired) electrons. The quantitative estimate of drug-likeness (QED) is 0.250. The number of nitrogens with zero attached hydrogens (tertiary/aromatic N) is 1. The zero-order chi connectivity index (χ0) is 23.5. The number of rotatable bonds is 9. The van der Waals surface area contributed by atoms with E-state index in [9.17, 15) is 4.79 Å². The van der Waals surface area contributed by atoms with Crippen molar-refractivity contribution in [3.8, 4) is 0 Å². The van der Waals surface area contributed by atoms with E-state index in [2.05, 4.69) is 59.5 Å². The van der Waals surface area contributed by atoms with Gasteiger partial charge in [-0.1, -0.05) is 48.5 Å². The van der Waals surface area contributed by atoms with Gasteiger partial charge in [0.25, 0.3) is 0 Å². The van der Waals surface area contributed by atoms with Crippen LogP contribution >= 0.6 is 0 Å². The summed E-state index contributed by atoms with van der Waals surface area (Å²) in [4.78, 5) is 12.8. The average Bonchev–Trinajstić information content (AvgIpc) is 3.41. The van der Waals surface area contributed by atoms with Crippen molar-refractivity contribution in [2.45, 2.75) is 44.6 Å². The number of aromatic nitrogens is 1. The van der Waals surface area contributed by atoms with E-state index in [1.165, 1.54) is 27.6 Å². The molecule has 4 heteroatoms. The van der Waals surface area contributed by atoms with Crippen molar-refractivity contribution in [2.75, 3.05) is 12.3 Å². The number of Topliss-reactive ketones (excluding diaryl/α,β-unsaturated/α-hetero) is 1. The second-order valence-electron chi connectivity index (χ2n) is 9.47. The number of hydrogen-bond donors (Lipinski definition) is 2. The fourth-order valence-corrected chi connectivity index (χ4v) is 5.35. The molecule has 0 amide bonds. The van der Waals surface area contributed by atoms with Crippen LogP contribution in [-0.4, -0.2) is 16.9 Å². The maximum absolute atomic E-state index is 12.8. The summed E-state index contributed by atoms with van der Waals surface area (Å²) in [6.07, 6.45) is 7.60. The molecular formula is C30H33N3O. The summed E-state index contributed by atoms with van der Waals surface area (Å²) >= 11 is 0. The van der Waals surface area contributed by atoms with E-state index in [0.717, 1.165) is 55.5 Å². The van der Waals surface area contributed by atoms with Crippen molar-refractivity contribution < 1.29 is 4.79 Å². The summed E-state index contributed by atoms with van der Waals surface area (Å²) in [5.74, 6) is 0.227. The molecule has 4 aromatic rings. The summed E-state index contributed by atoms with van der Waals surface area (Å²) in [6.45, 7) is 0.946. The highest BCUT2D eigenvalue weighted by molar-refractivity contribution is 5.96. The van der Waals surface area contributed by atoms with Gasteiger partial charge < -0.3 is 15.6 Å². The first-order chi connectivity index (χ1) is 16.6. The largest absolute Gasteiger partial charge is 0.399 e. The van der Waals surface area contributed by atoms with Gasteiger partial charge in [-0.05, 0) is 79.1 Å². The molecule has 34 heavy (non-hydrogen) atoms. The summed E-state index contributed by atoms with van der Waals surface area (Å²) in [5, 5.41) is 5.10. The Hall–Kier alpha value is -3.37. The Balaban J connectivity index is 1.16. The lowest BCUT2D eigenvalue weighted by molar-refractivity contribution is 0.0980. The SMILES string of the molecule is Cn1cc(CCNC2CCc3cc(C(=O)CCCc4ccccc4N)ccc32)c2ccccc21. The third-order valence-electron chi connectivity index (χ3n) is 7.21. The van der Waals surface area contributed by atoms with Crippen LogP contribution < -0.4 is 11.1 Å². The molecule has 1 aromatic heterocycles. The number of nitrogens with two attached hydrogens (primary N) is 1. The lowest BCUT2D eigenvalue weighted by atomic mass is 9.98. The summed E-state index contributed by atoms with van der Waals surface area (Å²) in [5.41, 5.74) is 14.2. The summed E-state index contributed by atoms with van der Waals surface area (Å²) < 4.78 is 2.21. The van der Waals surface area contributed by atoms with Gasteiger partial charge in [0, 0.05) is 47.9 Å². The van der Waals surface area contributed by atoms with E-state index < -0.39 is 0 Å². The molecule has 0 saturated carbocycles. The minimum absolute atomic E-state index is 0.227. The molecule has 0 aliphatic heterocycles. The standard InChI is InChI=1S/C30H33N3O/c1-33-20-24(26-9-3-5-11-29(26)33)17-18-32-28-16-14-22-19-23(13-15-25(22)28)30(34)12-6-8-21-7-2-4-10-27(21)31/h2-5,7,9-11,13,15,19-20,28,32H,6,8,12,14,16-18,31H2,1H3. The average molecular weight is 452 g/mol. The van der Waals surface area contributed by atoms with Gasteiger partial charge in [-0.2, -0.15) is 0 Å².